The highest BCUT2D eigenvalue weighted by Crippen LogP contribution is 2.19. The molecule has 1 rings (SSSR count). The zero-order chi connectivity index (χ0) is 15.2. The number of unbranched alkanes of at least 4 members (excludes halogenated alkanes) is 3. The number of sulfonamides is 1. The summed E-state index contributed by atoms with van der Waals surface area (Å²) in [7, 11) is -3.69. The predicted octanol–water partition coefficient (Wildman–Crippen LogP) is 3.05. The van der Waals surface area contributed by atoms with Crippen molar-refractivity contribution < 1.29 is 12.8 Å². The van der Waals surface area contributed by atoms with Gasteiger partial charge in [-0.3, -0.25) is 0 Å². The van der Waals surface area contributed by atoms with E-state index in [-0.39, 0.29) is 16.6 Å². The predicted molar refractivity (Wildman–Crippen MR) is 79.4 cm³/mol. The van der Waals surface area contributed by atoms with Crippen LogP contribution in [0.5, 0.6) is 0 Å². The van der Waals surface area contributed by atoms with Gasteiger partial charge in [0, 0.05) is 6.04 Å². The fourth-order valence-electron chi connectivity index (χ4n) is 2.03. The summed E-state index contributed by atoms with van der Waals surface area (Å²) in [6, 6.07) is 3.13. The molecule has 0 amide bonds. The summed E-state index contributed by atoms with van der Waals surface area (Å²) >= 11 is 0. The van der Waals surface area contributed by atoms with Gasteiger partial charge in [-0.2, -0.15) is 0 Å². The van der Waals surface area contributed by atoms with Crippen molar-refractivity contribution in [2.45, 2.75) is 56.9 Å². The zero-order valence-corrected chi connectivity index (χ0v) is 12.8. The minimum absolute atomic E-state index is 0.0701. The quantitative estimate of drug-likeness (QED) is 0.572. The van der Waals surface area contributed by atoms with Crippen molar-refractivity contribution in [1.82, 2.24) is 4.72 Å². The van der Waals surface area contributed by atoms with Gasteiger partial charge in [0.25, 0.3) is 0 Å². The van der Waals surface area contributed by atoms with Crippen molar-refractivity contribution in [2.24, 2.45) is 0 Å². The Labute approximate surface area is 120 Å². The largest absolute Gasteiger partial charge is 0.398 e. The Morgan fingerprint density at radius 1 is 1.30 bits per heavy atom. The summed E-state index contributed by atoms with van der Waals surface area (Å²) in [6.07, 6.45) is 5.16. The fraction of sp³-hybridized carbons (Fsp3) is 0.571. The van der Waals surface area contributed by atoms with Gasteiger partial charge >= 0.3 is 0 Å². The van der Waals surface area contributed by atoms with E-state index in [0.29, 0.717) is 0 Å². The van der Waals surface area contributed by atoms with Crippen molar-refractivity contribution in [2.75, 3.05) is 5.73 Å². The number of nitrogen functional groups attached to an aromatic ring is 1. The van der Waals surface area contributed by atoms with Crippen LogP contribution >= 0.6 is 0 Å². The number of hydrogen-bond donors (Lipinski definition) is 2. The first-order valence-electron chi connectivity index (χ1n) is 6.94. The van der Waals surface area contributed by atoms with Crippen LogP contribution in [0.15, 0.2) is 23.1 Å². The fourth-order valence-corrected chi connectivity index (χ4v) is 3.42. The average Bonchev–Trinajstić information content (AvgIpc) is 2.33. The number of halogens is 1. The molecule has 0 aliphatic rings. The molecule has 0 aromatic heterocycles. The molecule has 0 heterocycles. The van der Waals surface area contributed by atoms with Gasteiger partial charge in [0.05, 0.1) is 5.69 Å². The molecule has 20 heavy (non-hydrogen) atoms. The lowest BCUT2D eigenvalue weighted by atomic mass is 10.1. The van der Waals surface area contributed by atoms with Gasteiger partial charge in [-0.15, -0.1) is 0 Å². The average molecular weight is 302 g/mol. The molecular formula is C14H23FN2O2S. The van der Waals surface area contributed by atoms with Crippen molar-refractivity contribution in [3.8, 4) is 0 Å². The highest BCUT2D eigenvalue weighted by Gasteiger charge is 2.20. The lowest BCUT2D eigenvalue weighted by Crippen LogP contribution is -2.33. The molecule has 4 nitrogen and oxygen atoms in total. The van der Waals surface area contributed by atoms with E-state index in [0.717, 1.165) is 44.2 Å². The Balaban J connectivity index is 2.65. The zero-order valence-electron chi connectivity index (χ0n) is 12.0. The molecule has 0 fully saturated rings. The number of hydrogen-bond acceptors (Lipinski definition) is 3. The molecule has 6 heteroatoms. The molecule has 0 saturated carbocycles. The van der Waals surface area contributed by atoms with Gasteiger partial charge in [0.2, 0.25) is 10.0 Å². The Bertz CT molecular complexity index is 532. The maximum absolute atomic E-state index is 12.9. The van der Waals surface area contributed by atoms with Crippen LogP contribution in [0.4, 0.5) is 10.1 Å². The lowest BCUT2D eigenvalue weighted by molar-refractivity contribution is 0.522. The second-order valence-electron chi connectivity index (χ2n) is 5.05. The first-order valence-corrected chi connectivity index (χ1v) is 8.42. The first kappa shape index (κ1) is 16.9. The van der Waals surface area contributed by atoms with Crippen molar-refractivity contribution in [1.29, 1.82) is 0 Å². The maximum atomic E-state index is 12.9. The highest BCUT2D eigenvalue weighted by molar-refractivity contribution is 7.89. The molecule has 1 atom stereocenters. The van der Waals surface area contributed by atoms with E-state index in [1.807, 2.05) is 6.92 Å². The minimum Gasteiger partial charge on any atom is -0.398 e. The van der Waals surface area contributed by atoms with Crippen LogP contribution in [0.25, 0.3) is 0 Å². The molecule has 1 aromatic carbocycles. The van der Waals surface area contributed by atoms with Gasteiger partial charge in [-0.1, -0.05) is 32.6 Å². The van der Waals surface area contributed by atoms with Crippen molar-refractivity contribution in [3.05, 3.63) is 24.0 Å². The second-order valence-corrected chi connectivity index (χ2v) is 6.74. The summed E-state index contributed by atoms with van der Waals surface area (Å²) in [5.41, 5.74) is 5.49. The minimum atomic E-state index is -3.69. The van der Waals surface area contributed by atoms with Gasteiger partial charge in [-0.25, -0.2) is 17.5 Å². The number of nitrogens with two attached hydrogens (primary N) is 1. The molecular weight excluding hydrogens is 279 g/mol. The molecule has 1 aromatic rings. The van der Waals surface area contributed by atoms with Crippen molar-refractivity contribution in [3.63, 3.8) is 0 Å². The number of anilines is 1. The Hall–Kier alpha value is -1.14. The van der Waals surface area contributed by atoms with Crippen LogP contribution in [-0.4, -0.2) is 14.5 Å². The number of benzene rings is 1. The van der Waals surface area contributed by atoms with E-state index in [9.17, 15) is 12.8 Å². The van der Waals surface area contributed by atoms with Crippen LogP contribution in [0, 0.1) is 5.82 Å². The molecule has 0 bridgehead atoms. The molecule has 0 aliphatic heterocycles. The summed E-state index contributed by atoms with van der Waals surface area (Å²) in [5, 5.41) is 0. The van der Waals surface area contributed by atoms with Gasteiger partial charge in [0.15, 0.2) is 0 Å². The smallest absolute Gasteiger partial charge is 0.242 e. The molecule has 0 aliphatic carbocycles. The monoisotopic (exact) mass is 302 g/mol. The van der Waals surface area contributed by atoms with Gasteiger partial charge in [-0.05, 0) is 31.5 Å². The van der Waals surface area contributed by atoms with E-state index in [1.54, 1.807) is 0 Å². The summed E-state index contributed by atoms with van der Waals surface area (Å²) < 4.78 is 39.8. The molecule has 0 radical (unpaired) electrons. The van der Waals surface area contributed by atoms with Crippen LogP contribution in [0.3, 0.4) is 0 Å². The van der Waals surface area contributed by atoms with Crippen LogP contribution in [-0.2, 0) is 10.0 Å². The van der Waals surface area contributed by atoms with Crippen molar-refractivity contribution >= 4 is 15.7 Å². The Kier molecular flexibility index (Phi) is 6.42. The van der Waals surface area contributed by atoms with E-state index in [1.165, 1.54) is 6.07 Å². The number of rotatable bonds is 8. The lowest BCUT2D eigenvalue weighted by Gasteiger charge is -2.15. The Morgan fingerprint density at radius 3 is 2.60 bits per heavy atom. The Morgan fingerprint density at radius 2 is 2.00 bits per heavy atom. The SMILES string of the molecule is CCCCCCC(C)NS(=O)(=O)c1ccc(F)cc1N. The molecule has 0 saturated heterocycles. The van der Waals surface area contributed by atoms with Gasteiger partial charge < -0.3 is 5.73 Å². The van der Waals surface area contributed by atoms with Gasteiger partial charge in [0.1, 0.15) is 10.7 Å². The van der Waals surface area contributed by atoms with E-state index >= 15 is 0 Å². The topological polar surface area (TPSA) is 72.2 Å². The molecule has 0 spiro atoms. The third-order valence-electron chi connectivity index (χ3n) is 3.11. The first-order chi connectivity index (χ1) is 9.36. The maximum Gasteiger partial charge on any atom is 0.242 e. The number of nitrogens with one attached hydrogen (secondary N) is 1. The molecule has 3 N–H and O–H groups in total. The van der Waals surface area contributed by atoms with Crippen LogP contribution in [0.2, 0.25) is 0 Å². The summed E-state index contributed by atoms with van der Waals surface area (Å²) in [4.78, 5) is -0.0701. The second kappa shape index (κ2) is 7.59. The van der Waals surface area contributed by atoms with E-state index < -0.39 is 15.8 Å². The third-order valence-corrected chi connectivity index (χ3v) is 4.77. The van der Waals surface area contributed by atoms with Crippen LogP contribution < -0.4 is 10.5 Å². The molecule has 1 unspecified atom stereocenters. The summed E-state index contributed by atoms with van der Waals surface area (Å²) in [6.45, 7) is 3.95. The normalized spacial score (nSPS) is 13.3. The van der Waals surface area contributed by atoms with Crippen LogP contribution in [0.1, 0.15) is 46.0 Å². The highest BCUT2D eigenvalue weighted by atomic mass is 32.2. The van der Waals surface area contributed by atoms with E-state index in [4.69, 9.17) is 5.73 Å². The third kappa shape index (κ3) is 5.09. The standard InChI is InChI=1S/C14H23FN2O2S/c1-3-4-5-6-7-11(2)17-20(18,19)14-9-8-12(15)10-13(14)16/h8-11,17H,3-7,16H2,1-2H3. The summed E-state index contributed by atoms with van der Waals surface area (Å²) in [5.74, 6) is -0.547. The van der Waals surface area contributed by atoms with E-state index in [2.05, 4.69) is 11.6 Å². The molecule has 114 valence electrons.